The van der Waals surface area contributed by atoms with Crippen LogP contribution in [0.3, 0.4) is 0 Å². The van der Waals surface area contributed by atoms with Crippen LogP contribution in [0.25, 0.3) is 0 Å². The van der Waals surface area contributed by atoms with Gasteiger partial charge in [0.25, 0.3) is 0 Å². The Morgan fingerprint density at radius 2 is 1.68 bits per heavy atom. The molecule has 0 aromatic heterocycles. The minimum absolute atomic E-state index is 0.194. The zero-order chi connectivity index (χ0) is 13.5. The van der Waals surface area contributed by atoms with Crippen LogP contribution >= 0.6 is 0 Å². The number of rotatable bonds is 6. The summed E-state index contributed by atoms with van der Waals surface area (Å²) in [7, 11) is 0. The standard InChI is InChI=1S/C16H29NO2/c18-12-6-11-17(15-9-5-10-15)16(19)13-14-7-3-1-2-4-8-14/h14-15,18H,1-13H2. The Bertz CT molecular complexity index is 268. The quantitative estimate of drug-likeness (QED) is 0.751. The van der Waals surface area contributed by atoms with Crippen molar-refractivity contribution in [3.63, 3.8) is 0 Å². The number of aliphatic hydroxyl groups is 1. The predicted molar refractivity (Wildman–Crippen MR) is 76.9 cm³/mol. The van der Waals surface area contributed by atoms with E-state index in [1.807, 2.05) is 0 Å². The Hall–Kier alpha value is -0.570. The number of nitrogens with zero attached hydrogens (tertiary/aromatic N) is 1. The van der Waals surface area contributed by atoms with Crippen molar-refractivity contribution in [2.75, 3.05) is 13.2 Å². The SMILES string of the molecule is O=C(CC1CCCCCC1)N(CCCO)C1CCC1. The van der Waals surface area contributed by atoms with Gasteiger partial charge in [-0.3, -0.25) is 4.79 Å². The molecule has 1 N–H and O–H groups in total. The molecule has 0 radical (unpaired) electrons. The zero-order valence-corrected chi connectivity index (χ0v) is 12.1. The fourth-order valence-corrected chi connectivity index (χ4v) is 3.38. The van der Waals surface area contributed by atoms with Gasteiger partial charge in [-0.2, -0.15) is 0 Å². The van der Waals surface area contributed by atoms with Crippen molar-refractivity contribution in [3.05, 3.63) is 0 Å². The van der Waals surface area contributed by atoms with Crippen molar-refractivity contribution in [1.29, 1.82) is 0 Å². The molecule has 1 amide bonds. The second-order valence-electron chi connectivity index (χ2n) is 6.31. The summed E-state index contributed by atoms with van der Waals surface area (Å²) in [5, 5.41) is 8.99. The fraction of sp³-hybridized carbons (Fsp3) is 0.938. The van der Waals surface area contributed by atoms with Crippen LogP contribution in [0.1, 0.15) is 70.6 Å². The first kappa shape index (κ1) is 14.8. The van der Waals surface area contributed by atoms with Crippen molar-refractivity contribution < 1.29 is 9.90 Å². The van der Waals surface area contributed by atoms with Crippen molar-refractivity contribution in [2.24, 2.45) is 5.92 Å². The van der Waals surface area contributed by atoms with Gasteiger partial charge in [0.05, 0.1) is 0 Å². The van der Waals surface area contributed by atoms with Crippen LogP contribution in [0, 0.1) is 5.92 Å². The predicted octanol–water partition coefficient (Wildman–Crippen LogP) is 3.11. The third-order valence-electron chi connectivity index (χ3n) is 4.83. The topological polar surface area (TPSA) is 40.5 Å². The minimum Gasteiger partial charge on any atom is -0.396 e. The van der Waals surface area contributed by atoms with Gasteiger partial charge < -0.3 is 10.0 Å². The summed E-state index contributed by atoms with van der Waals surface area (Å²) in [6, 6.07) is 0.477. The number of carbonyl (C=O) groups is 1. The van der Waals surface area contributed by atoms with Gasteiger partial charge in [0.2, 0.25) is 5.91 Å². The van der Waals surface area contributed by atoms with E-state index in [0.717, 1.165) is 19.4 Å². The number of hydrogen-bond acceptors (Lipinski definition) is 2. The highest BCUT2D eigenvalue weighted by Crippen LogP contribution is 2.29. The smallest absolute Gasteiger partial charge is 0.223 e. The van der Waals surface area contributed by atoms with E-state index in [2.05, 4.69) is 4.90 Å². The molecule has 110 valence electrons. The van der Waals surface area contributed by atoms with E-state index in [4.69, 9.17) is 5.11 Å². The highest BCUT2D eigenvalue weighted by Gasteiger charge is 2.29. The number of amides is 1. The molecule has 0 heterocycles. The lowest BCUT2D eigenvalue weighted by Crippen LogP contribution is -2.45. The van der Waals surface area contributed by atoms with Gasteiger partial charge in [-0.15, -0.1) is 0 Å². The van der Waals surface area contributed by atoms with Gasteiger partial charge in [0.1, 0.15) is 0 Å². The second-order valence-corrected chi connectivity index (χ2v) is 6.31. The molecule has 2 saturated carbocycles. The van der Waals surface area contributed by atoms with Gasteiger partial charge in [0.15, 0.2) is 0 Å². The Morgan fingerprint density at radius 3 is 2.21 bits per heavy atom. The molecule has 3 heteroatoms. The van der Waals surface area contributed by atoms with E-state index >= 15 is 0 Å². The third kappa shape index (κ3) is 4.48. The molecular formula is C16H29NO2. The lowest BCUT2D eigenvalue weighted by molar-refractivity contribution is -0.136. The van der Waals surface area contributed by atoms with Crippen LogP contribution in [0.2, 0.25) is 0 Å². The summed E-state index contributed by atoms with van der Waals surface area (Å²) in [5.74, 6) is 0.969. The molecule has 0 aromatic rings. The maximum Gasteiger partial charge on any atom is 0.223 e. The lowest BCUT2D eigenvalue weighted by atomic mass is 9.89. The first-order chi connectivity index (χ1) is 9.31. The van der Waals surface area contributed by atoms with Gasteiger partial charge >= 0.3 is 0 Å². The number of hydrogen-bond donors (Lipinski definition) is 1. The van der Waals surface area contributed by atoms with Crippen molar-refractivity contribution in [2.45, 2.75) is 76.7 Å². The first-order valence-corrected chi connectivity index (χ1v) is 8.21. The number of aliphatic hydroxyl groups excluding tert-OH is 1. The van der Waals surface area contributed by atoms with E-state index in [1.165, 1.54) is 57.8 Å². The van der Waals surface area contributed by atoms with E-state index in [1.54, 1.807) is 0 Å². The molecule has 2 aliphatic carbocycles. The van der Waals surface area contributed by atoms with Crippen molar-refractivity contribution >= 4 is 5.91 Å². The maximum absolute atomic E-state index is 12.5. The van der Waals surface area contributed by atoms with Gasteiger partial charge in [-0.1, -0.05) is 25.7 Å². The van der Waals surface area contributed by atoms with E-state index < -0.39 is 0 Å². The Morgan fingerprint density at radius 1 is 1.00 bits per heavy atom. The third-order valence-corrected chi connectivity index (χ3v) is 4.83. The van der Waals surface area contributed by atoms with E-state index in [-0.39, 0.29) is 6.61 Å². The van der Waals surface area contributed by atoms with Crippen LogP contribution in [-0.2, 0) is 4.79 Å². The van der Waals surface area contributed by atoms with Gasteiger partial charge in [-0.25, -0.2) is 0 Å². The second kappa shape index (κ2) is 7.88. The molecule has 0 bridgehead atoms. The average Bonchev–Trinajstić information content (AvgIpc) is 2.60. The van der Waals surface area contributed by atoms with Crippen LogP contribution in [-0.4, -0.2) is 35.1 Å². The highest BCUT2D eigenvalue weighted by molar-refractivity contribution is 5.76. The van der Waals surface area contributed by atoms with Crippen molar-refractivity contribution in [1.82, 2.24) is 4.90 Å². The number of carbonyl (C=O) groups excluding carboxylic acids is 1. The molecule has 2 fully saturated rings. The molecular weight excluding hydrogens is 238 g/mol. The molecule has 0 unspecified atom stereocenters. The molecule has 0 atom stereocenters. The summed E-state index contributed by atoms with van der Waals surface area (Å²) in [4.78, 5) is 14.6. The zero-order valence-electron chi connectivity index (χ0n) is 12.1. The molecule has 2 aliphatic rings. The Labute approximate surface area is 117 Å². The van der Waals surface area contributed by atoms with E-state index in [0.29, 0.717) is 17.9 Å². The summed E-state index contributed by atoms with van der Waals surface area (Å²) in [5.41, 5.74) is 0. The molecule has 0 saturated heterocycles. The van der Waals surface area contributed by atoms with Crippen LogP contribution < -0.4 is 0 Å². The monoisotopic (exact) mass is 267 g/mol. The summed E-state index contributed by atoms with van der Waals surface area (Å²) >= 11 is 0. The molecule has 0 aromatic carbocycles. The Kier molecular flexibility index (Phi) is 6.15. The molecule has 0 aliphatic heterocycles. The largest absolute Gasteiger partial charge is 0.396 e. The Balaban J connectivity index is 1.82. The lowest BCUT2D eigenvalue weighted by Gasteiger charge is -2.38. The highest BCUT2D eigenvalue weighted by atomic mass is 16.3. The van der Waals surface area contributed by atoms with Crippen molar-refractivity contribution in [3.8, 4) is 0 Å². The average molecular weight is 267 g/mol. The molecule has 0 spiro atoms. The molecule has 3 nitrogen and oxygen atoms in total. The molecule has 19 heavy (non-hydrogen) atoms. The first-order valence-electron chi connectivity index (χ1n) is 8.21. The summed E-state index contributed by atoms with van der Waals surface area (Å²) < 4.78 is 0. The van der Waals surface area contributed by atoms with Crippen LogP contribution in [0.4, 0.5) is 0 Å². The summed E-state index contributed by atoms with van der Waals surface area (Å²) in [6.07, 6.45) is 12.9. The minimum atomic E-state index is 0.194. The normalized spacial score (nSPS) is 21.7. The maximum atomic E-state index is 12.5. The van der Waals surface area contributed by atoms with Crippen LogP contribution in [0.5, 0.6) is 0 Å². The van der Waals surface area contributed by atoms with Gasteiger partial charge in [0, 0.05) is 25.6 Å². The van der Waals surface area contributed by atoms with Gasteiger partial charge in [-0.05, 0) is 44.4 Å². The van der Waals surface area contributed by atoms with Crippen LogP contribution in [0.15, 0.2) is 0 Å². The fourth-order valence-electron chi connectivity index (χ4n) is 3.38. The van der Waals surface area contributed by atoms with E-state index in [9.17, 15) is 4.79 Å². The summed E-state index contributed by atoms with van der Waals surface area (Å²) in [6.45, 7) is 0.951. The molecule has 2 rings (SSSR count).